The Balaban J connectivity index is 1.47. The lowest BCUT2D eigenvalue weighted by molar-refractivity contribution is 0.235. The van der Waals surface area contributed by atoms with Crippen molar-refractivity contribution in [2.45, 2.75) is 39.0 Å². The van der Waals surface area contributed by atoms with Gasteiger partial charge in [0, 0.05) is 23.5 Å². The van der Waals surface area contributed by atoms with Crippen LogP contribution >= 0.6 is 11.6 Å². The monoisotopic (exact) mass is 379 g/mol. The Morgan fingerprint density at radius 3 is 2.81 bits per heavy atom. The molecule has 3 nitrogen and oxygen atoms in total. The molecule has 2 aromatic carbocycles. The van der Waals surface area contributed by atoms with Crippen LogP contribution < -0.4 is 4.90 Å². The molecule has 1 aliphatic rings. The number of benzene rings is 2. The first kappa shape index (κ1) is 18.2. The van der Waals surface area contributed by atoms with Gasteiger partial charge in [-0.1, -0.05) is 48.9 Å². The number of nitrogens with zero attached hydrogens (tertiary/aromatic N) is 3. The van der Waals surface area contributed by atoms with Crippen molar-refractivity contribution >= 4 is 28.3 Å². The number of anilines is 1. The summed E-state index contributed by atoms with van der Waals surface area (Å²) in [5.41, 5.74) is 2.69. The van der Waals surface area contributed by atoms with Gasteiger partial charge in [-0.3, -0.25) is 0 Å². The van der Waals surface area contributed by atoms with E-state index in [1.165, 1.54) is 31.2 Å². The van der Waals surface area contributed by atoms with Gasteiger partial charge in [0.1, 0.15) is 12.1 Å². The molecule has 0 bridgehead atoms. The number of hydrogen-bond donors (Lipinski definition) is 0. The van der Waals surface area contributed by atoms with E-state index >= 15 is 0 Å². The van der Waals surface area contributed by atoms with E-state index in [-0.39, 0.29) is 0 Å². The Hall–Kier alpha value is -2.13. The van der Waals surface area contributed by atoms with Crippen LogP contribution in [0.5, 0.6) is 0 Å². The third-order valence-electron chi connectivity index (χ3n) is 5.75. The van der Waals surface area contributed by atoms with E-state index in [9.17, 15) is 0 Å². The molecule has 140 valence electrons. The van der Waals surface area contributed by atoms with E-state index < -0.39 is 0 Å². The van der Waals surface area contributed by atoms with Crippen molar-refractivity contribution in [3.63, 3.8) is 0 Å². The molecule has 0 saturated carbocycles. The maximum atomic E-state index is 6.14. The van der Waals surface area contributed by atoms with Crippen LogP contribution in [0.4, 0.5) is 5.82 Å². The van der Waals surface area contributed by atoms with Crippen molar-refractivity contribution in [1.29, 1.82) is 0 Å². The highest BCUT2D eigenvalue weighted by molar-refractivity contribution is 6.31. The molecule has 1 saturated heterocycles. The van der Waals surface area contributed by atoms with Crippen molar-refractivity contribution in [2.24, 2.45) is 5.41 Å². The van der Waals surface area contributed by atoms with Gasteiger partial charge in [-0.05, 0) is 61.3 Å². The molecule has 1 atom stereocenters. The van der Waals surface area contributed by atoms with Gasteiger partial charge in [-0.15, -0.1) is 0 Å². The van der Waals surface area contributed by atoms with Gasteiger partial charge in [-0.2, -0.15) is 0 Å². The minimum atomic E-state index is 0.330. The van der Waals surface area contributed by atoms with Crippen molar-refractivity contribution < 1.29 is 0 Å². The molecule has 1 fully saturated rings. The third kappa shape index (κ3) is 4.24. The fourth-order valence-corrected chi connectivity index (χ4v) is 4.50. The molecule has 1 aliphatic heterocycles. The number of aromatic nitrogens is 2. The van der Waals surface area contributed by atoms with Crippen LogP contribution in [0.25, 0.3) is 10.9 Å². The molecule has 2 heterocycles. The Bertz CT molecular complexity index is 912. The second-order valence-electron chi connectivity index (χ2n) is 8.03. The number of aryl methyl sites for hydroxylation is 1. The van der Waals surface area contributed by atoms with E-state index in [1.54, 1.807) is 6.33 Å². The van der Waals surface area contributed by atoms with E-state index in [2.05, 4.69) is 52.1 Å². The Morgan fingerprint density at radius 2 is 1.96 bits per heavy atom. The maximum absolute atomic E-state index is 6.14. The molecule has 0 amide bonds. The fourth-order valence-electron chi connectivity index (χ4n) is 4.33. The molecule has 0 N–H and O–H groups in total. The predicted octanol–water partition coefficient (Wildman–Crippen LogP) is 5.91. The Labute approximate surface area is 166 Å². The summed E-state index contributed by atoms with van der Waals surface area (Å²) in [6.07, 6.45) is 7.79. The number of piperidine rings is 1. The van der Waals surface area contributed by atoms with Gasteiger partial charge >= 0.3 is 0 Å². The minimum absolute atomic E-state index is 0.330. The van der Waals surface area contributed by atoms with Crippen LogP contribution in [0, 0.1) is 5.41 Å². The number of rotatable bonds is 5. The molecule has 4 heteroatoms. The molecule has 3 aromatic rings. The first-order valence-corrected chi connectivity index (χ1v) is 10.2. The zero-order valence-corrected chi connectivity index (χ0v) is 16.6. The molecule has 1 unspecified atom stereocenters. The highest BCUT2D eigenvalue weighted by atomic mass is 35.5. The van der Waals surface area contributed by atoms with E-state index in [0.717, 1.165) is 41.3 Å². The van der Waals surface area contributed by atoms with Gasteiger partial charge < -0.3 is 4.90 Å². The van der Waals surface area contributed by atoms with E-state index in [0.29, 0.717) is 5.41 Å². The largest absolute Gasteiger partial charge is 0.355 e. The number of fused-ring (bicyclic) bond motifs is 1. The summed E-state index contributed by atoms with van der Waals surface area (Å²) in [6.45, 7) is 4.55. The lowest BCUT2D eigenvalue weighted by Crippen LogP contribution is -2.42. The zero-order chi connectivity index (χ0) is 18.7. The standard InChI is InChI=1S/C23H26ClN3/c1-23(12-5-9-18-7-3-2-4-8-18)13-6-14-27(16-23)22-20-11-10-19(24)15-21(20)25-17-26-22/h2-4,7-8,10-11,15,17H,5-6,9,12-14,16H2,1H3. The summed E-state index contributed by atoms with van der Waals surface area (Å²) < 4.78 is 0. The van der Waals surface area contributed by atoms with Gasteiger partial charge in [0.15, 0.2) is 0 Å². The topological polar surface area (TPSA) is 29.0 Å². The van der Waals surface area contributed by atoms with E-state index in [4.69, 9.17) is 11.6 Å². The molecule has 27 heavy (non-hydrogen) atoms. The van der Waals surface area contributed by atoms with Crippen LogP contribution in [-0.4, -0.2) is 23.1 Å². The summed E-state index contributed by atoms with van der Waals surface area (Å²) in [7, 11) is 0. The van der Waals surface area contributed by atoms with Gasteiger partial charge in [0.2, 0.25) is 0 Å². The minimum Gasteiger partial charge on any atom is -0.355 e. The van der Waals surface area contributed by atoms with Crippen LogP contribution in [0.3, 0.4) is 0 Å². The predicted molar refractivity (Wildman–Crippen MR) is 113 cm³/mol. The van der Waals surface area contributed by atoms with Crippen molar-refractivity contribution in [1.82, 2.24) is 9.97 Å². The summed E-state index contributed by atoms with van der Waals surface area (Å²) in [6, 6.07) is 16.7. The first-order valence-electron chi connectivity index (χ1n) is 9.82. The molecular weight excluding hydrogens is 354 g/mol. The van der Waals surface area contributed by atoms with Crippen LogP contribution in [0.1, 0.15) is 38.2 Å². The Kier molecular flexibility index (Phi) is 5.31. The quantitative estimate of drug-likeness (QED) is 0.551. The molecule has 0 aliphatic carbocycles. The molecular formula is C23H26ClN3. The summed E-state index contributed by atoms with van der Waals surface area (Å²) >= 11 is 6.14. The SMILES string of the molecule is CC1(CCCc2ccccc2)CCCN(c2ncnc3cc(Cl)ccc23)C1. The Morgan fingerprint density at radius 1 is 1.11 bits per heavy atom. The fraction of sp³-hybridized carbons (Fsp3) is 0.391. The van der Waals surface area contributed by atoms with Crippen LogP contribution in [0.2, 0.25) is 5.02 Å². The van der Waals surface area contributed by atoms with E-state index in [1.807, 2.05) is 18.2 Å². The highest BCUT2D eigenvalue weighted by Crippen LogP contribution is 2.37. The smallest absolute Gasteiger partial charge is 0.139 e. The lowest BCUT2D eigenvalue weighted by Gasteiger charge is -2.41. The van der Waals surface area contributed by atoms with Crippen molar-refractivity contribution in [3.8, 4) is 0 Å². The van der Waals surface area contributed by atoms with Gasteiger partial charge in [0.05, 0.1) is 5.52 Å². The molecule has 1 aromatic heterocycles. The summed E-state index contributed by atoms with van der Waals surface area (Å²) in [4.78, 5) is 11.5. The maximum Gasteiger partial charge on any atom is 0.139 e. The second-order valence-corrected chi connectivity index (χ2v) is 8.47. The van der Waals surface area contributed by atoms with Crippen LogP contribution in [-0.2, 0) is 6.42 Å². The average Bonchev–Trinajstić information content (AvgIpc) is 2.68. The van der Waals surface area contributed by atoms with Gasteiger partial charge in [0.25, 0.3) is 0 Å². The summed E-state index contributed by atoms with van der Waals surface area (Å²) in [5.74, 6) is 1.05. The zero-order valence-electron chi connectivity index (χ0n) is 15.9. The molecule has 0 radical (unpaired) electrons. The van der Waals surface area contributed by atoms with Crippen LogP contribution in [0.15, 0.2) is 54.9 Å². The molecule has 4 rings (SSSR count). The summed E-state index contributed by atoms with van der Waals surface area (Å²) in [5, 5.41) is 1.81. The number of hydrogen-bond acceptors (Lipinski definition) is 3. The third-order valence-corrected chi connectivity index (χ3v) is 5.98. The highest BCUT2D eigenvalue weighted by Gasteiger charge is 2.31. The first-order chi connectivity index (χ1) is 13.1. The van der Waals surface area contributed by atoms with Crippen molar-refractivity contribution in [2.75, 3.05) is 18.0 Å². The van der Waals surface area contributed by atoms with Gasteiger partial charge in [-0.25, -0.2) is 9.97 Å². The second kappa shape index (κ2) is 7.85. The average molecular weight is 380 g/mol. The van der Waals surface area contributed by atoms with Crippen molar-refractivity contribution in [3.05, 3.63) is 65.4 Å². The molecule has 0 spiro atoms. The normalized spacial score (nSPS) is 20.1. The number of halogens is 1. The lowest BCUT2D eigenvalue weighted by atomic mass is 9.77.